The fourth-order valence-corrected chi connectivity index (χ4v) is 1.88. The van der Waals surface area contributed by atoms with Crippen molar-refractivity contribution in [1.82, 2.24) is 9.88 Å². The second-order valence-corrected chi connectivity index (χ2v) is 4.38. The Balaban J connectivity index is 2.26. The molecule has 0 bridgehead atoms. The van der Waals surface area contributed by atoms with Crippen molar-refractivity contribution in [3.63, 3.8) is 0 Å². The largest absolute Gasteiger partial charge is 0.337 e. The highest BCUT2D eigenvalue weighted by atomic mass is 79.9. The van der Waals surface area contributed by atoms with Crippen LogP contribution in [-0.2, 0) is 0 Å². The second-order valence-electron chi connectivity index (χ2n) is 3.46. The van der Waals surface area contributed by atoms with Crippen LogP contribution in [0.1, 0.15) is 22.5 Å². The summed E-state index contributed by atoms with van der Waals surface area (Å²) in [6, 6.07) is 1.92. The highest BCUT2D eigenvalue weighted by Crippen LogP contribution is 2.17. The summed E-state index contributed by atoms with van der Waals surface area (Å²) in [6.45, 7) is 3.65. The van der Waals surface area contributed by atoms with Gasteiger partial charge in [-0.2, -0.15) is 0 Å². The Bertz CT molecular complexity index is 374. The Labute approximate surface area is 91.3 Å². The minimum Gasteiger partial charge on any atom is -0.337 e. The topological polar surface area (TPSA) is 33.2 Å². The molecule has 0 radical (unpaired) electrons. The predicted molar refractivity (Wildman–Crippen MR) is 57.2 cm³/mol. The molecule has 0 spiro atoms. The number of nitrogens with zero attached hydrogens (tertiary/aromatic N) is 2. The molecule has 4 heteroatoms. The first-order valence-electron chi connectivity index (χ1n) is 4.60. The number of hydrogen-bond acceptors (Lipinski definition) is 2. The molecule has 0 aromatic carbocycles. The lowest BCUT2D eigenvalue weighted by molar-refractivity contribution is 0.0645. The van der Waals surface area contributed by atoms with Gasteiger partial charge in [-0.1, -0.05) is 0 Å². The number of halogens is 1. The molecule has 74 valence electrons. The maximum atomic E-state index is 11.8. The average molecular weight is 255 g/mol. The standard InChI is InChI=1S/C10H11BrN2O/c1-7-5-8(11)6-12-9(7)10(14)13-3-2-4-13/h5-6H,2-4H2,1H3. The van der Waals surface area contributed by atoms with E-state index in [0.29, 0.717) is 5.69 Å². The SMILES string of the molecule is Cc1cc(Br)cnc1C(=O)N1CCC1. The van der Waals surface area contributed by atoms with Gasteiger partial charge in [-0.05, 0) is 40.9 Å². The van der Waals surface area contributed by atoms with Crippen molar-refractivity contribution in [2.24, 2.45) is 0 Å². The van der Waals surface area contributed by atoms with Gasteiger partial charge in [0, 0.05) is 23.8 Å². The average Bonchev–Trinajstić information content (AvgIpc) is 2.00. The number of carbonyl (C=O) groups is 1. The third-order valence-electron chi connectivity index (χ3n) is 2.39. The van der Waals surface area contributed by atoms with E-state index in [1.165, 1.54) is 0 Å². The van der Waals surface area contributed by atoms with Crippen LogP contribution in [-0.4, -0.2) is 28.9 Å². The molecule has 1 amide bonds. The molecule has 1 saturated heterocycles. The Kier molecular flexibility index (Phi) is 2.54. The molecule has 2 heterocycles. The van der Waals surface area contributed by atoms with E-state index in [1.807, 2.05) is 17.9 Å². The molecular weight excluding hydrogens is 244 g/mol. The van der Waals surface area contributed by atoms with Crippen molar-refractivity contribution >= 4 is 21.8 Å². The van der Waals surface area contributed by atoms with Gasteiger partial charge in [-0.15, -0.1) is 0 Å². The molecule has 0 aliphatic carbocycles. The lowest BCUT2D eigenvalue weighted by atomic mass is 10.1. The molecule has 0 saturated carbocycles. The van der Waals surface area contributed by atoms with E-state index in [4.69, 9.17) is 0 Å². The van der Waals surface area contributed by atoms with Gasteiger partial charge in [0.15, 0.2) is 0 Å². The molecule has 1 aliphatic heterocycles. The molecule has 1 aromatic heterocycles. The number of aromatic nitrogens is 1. The van der Waals surface area contributed by atoms with Crippen LogP contribution in [0.2, 0.25) is 0 Å². The van der Waals surface area contributed by atoms with Crippen molar-refractivity contribution in [3.8, 4) is 0 Å². The molecule has 2 rings (SSSR count). The third-order valence-corrected chi connectivity index (χ3v) is 2.82. The van der Waals surface area contributed by atoms with E-state index < -0.39 is 0 Å². The number of rotatable bonds is 1. The van der Waals surface area contributed by atoms with E-state index in [0.717, 1.165) is 29.5 Å². The van der Waals surface area contributed by atoms with Crippen LogP contribution in [0.5, 0.6) is 0 Å². The summed E-state index contributed by atoms with van der Waals surface area (Å²) >= 11 is 3.33. The summed E-state index contributed by atoms with van der Waals surface area (Å²) in [4.78, 5) is 17.8. The Morgan fingerprint density at radius 1 is 1.57 bits per heavy atom. The maximum Gasteiger partial charge on any atom is 0.272 e. The molecule has 0 unspecified atom stereocenters. The van der Waals surface area contributed by atoms with E-state index in [2.05, 4.69) is 20.9 Å². The number of aryl methyl sites for hydroxylation is 1. The summed E-state index contributed by atoms with van der Waals surface area (Å²) in [6.07, 6.45) is 2.78. The summed E-state index contributed by atoms with van der Waals surface area (Å²) in [7, 11) is 0. The summed E-state index contributed by atoms with van der Waals surface area (Å²) < 4.78 is 0.912. The van der Waals surface area contributed by atoms with Crippen LogP contribution in [0.3, 0.4) is 0 Å². The number of hydrogen-bond donors (Lipinski definition) is 0. The quantitative estimate of drug-likeness (QED) is 0.768. The first-order chi connectivity index (χ1) is 6.68. The van der Waals surface area contributed by atoms with Crippen LogP contribution >= 0.6 is 15.9 Å². The molecular formula is C10H11BrN2O. The van der Waals surface area contributed by atoms with Crippen molar-refractivity contribution in [2.75, 3.05) is 13.1 Å². The van der Waals surface area contributed by atoms with Crippen molar-refractivity contribution in [3.05, 3.63) is 28.0 Å². The Hall–Kier alpha value is -0.900. The van der Waals surface area contributed by atoms with Gasteiger partial charge >= 0.3 is 0 Å². The fourth-order valence-electron chi connectivity index (χ4n) is 1.43. The normalized spacial score (nSPS) is 15.1. The fraction of sp³-hybridized carbons (Fsp3) is 0.400. The first-order valence-corrected chi connectivity index (χ1v) is 5.39. The van der Waals surface area contributed by atoms with Gasteiger partial charge in [0.05, 0.1) is 0 Å². The lowest BCUT2D eigenvalue weighted by Gasteiger charge is -2.30. The highest BCUT2D eigenvalue weighted by molar-refractivity contribution is 9.10. The molecule has 1 aliphatic rings. The molecule has 0 N–H and O–H groups in total. The van der Waals surface area contributed by atoms with Gasteiger partial charge in [0.1, 0.15) is 5.69 Å². The van der Waals surface area contributed by atoms with E-state index in [-0.39, 0.29) is 5.91 Å². The minimum atomic E-state index is 0.0567. The van der Waals surface area contributed by atoms with E-state index in [9.17, 15) is 4.79 Å². The van der Waals surface area contributed by atoms with Crippen LogP contribution < -0.4 is 0 Å². The zero-order valence-corrected chi connectivity index (χ0v) is 9.54. The molecule has 1 fully saturated rings. The van der Waals surface area contributed by atoms with Gasteiger partial charge in [0.25, 0.3) is 5.91 Å². The van der Waals surface area contributed by atoms with Crippen LogP contribution in [0, 0.1) is 6.92 Å². The summed E-state index contributed by atoms with van der Waals surface area (Å²) in [5, 5.41) is 0. The lowest BCUT2D eigenvalue weighted by Crippen LogP contribution is -2.42. The monoisotopic (exact) mass is 254 g/mol. The van der Waals surface area contributed by atoms with Crippen LogP contribution in [0.15, 0.2) is 16.7 Å². The zero-order valence-electron chi connectivity index (χ0n) is 7.96. The smallest absolute Gasteiger partial charge is 0.272 e. The minimum absolute atomic E-state index is 0.0567. The van der Waals surface area contributed by atoms with Crippen LogP contribution in [0.25, 0.3) is 0 Å². The highest BCUT2D eigenvalue weighted by Gasteiger charge is 2.23. The third kappa shape index (κ3) is 1.66. The number of carbonyl (C=O) groups excluding carboxylic acids is 1. The molecule has 0 atom stereocenters. The zero-order chi connectivity index (χ0) is 10.1. The van der Waals surface area contributed by atoms with Gasteiger partial charge in [-0.3, -0.25) is 4.79 Å². The maximum absolute atomic E-state index is 11.8. The van der Waals surface area contributed by atoms with Crippen LogP contribution in [0.4, 0.5) is 0 Å². The molecule has 3 nitrogen and oxygen atoms in total. The Morgan fingerprint density at radius 3 is 2.79 bits per heavy atom. The Morgan fingerprint density at radius 2 is 2.29 bits per heavy atom. The van der Waals surface area contributed by atoms with E-state index >= 15 is 0 Å². The number of amides is 1. The second kappa shape index (κ2) is 3.69. The van der Waals surface area contributed by atoms with Crippen molar-refractivity contribution in [2.45, 2.75) is 13.3 Å². The number of likely N-dealkylation sites (tertiary alicyclic amines) is 1. The van der Waals surface area contributed by atoms with Gasteiger partial charge < -0.3 is 4.90 Å². The first kappa shape index (κ1) is 9.65. The van der Waals surface area contributed by atoms with E-state index in [1.54, 1.807) is 6.20 Å². The van der Waals surface area contributed by atoms with Crippen molar-refractivity contribution in [1.29, 1.82) is 0 Å². The predicted octanol–water partition coefficient (Wildman–Crippen LogP) is 2.00. The molecule has 14 heavy (non-hydrogen) atoms. The molecule has 1 aromatic rings. The van der Waals surface area contributed by atoms with Gasteiger partial charge in [-0.25, -0.2) is 4.98 Å². The summed E-state index contributed by atoms with van der Waals surface area (Å²) in [5.41, 5.74) is 1.50. The summed E-state index contributed by atoms with van der Waals surface area (Å²) in [5.74, 6) is 0.0567. The number of pyridine rings is 1. The van der Waals surface area contributed by atoms with Crippen molar-refractivity contribution < 1.29 is 4.79 Å². The van der Waals surface area contributed by atoms with Gasteiger partial charge in [0.2, 0.25) is 0 Å².